The molecule has 0 amide bonds. The molecule has 20 heavy (non-hydrogen) atoms. The van der Waals surface area contributed by atoms with E-state index in [1.54, 1.807) is 18.2 Å². The number of benzene rings is 1. The quantitative estimate of drug-likeness (QED) is 0.928. The Hall–Kier alpha value is -2.24. The number of ether oxygens (including phenoxy) is 1. The maximum Gasteiger partial charge on any atom is 0.416 e. The number of rotatable bonds is 4. The van der Waals surface area contributed by atoms with E-state index in [4.69, 9.17) is 4.74 Å². The lowest BCUT2D eigenvalue weighted by Gasteiger charge is -2.13. The Labute approximate surface area is 114 Å². The Bertz CT molecular complexity index is 567. The van der Waals surface area contributed by atoms with E-state index in [1.807, 2.05) is 0 Å². The minimum Gasteiger partial charge on any atom is -0.495 e. The summed E-state index contributed by atoms with van der Waals surface area (Å²) in [6.07, 6.45) is -2.86. The molecule has 1 N–H and O–H groups in total. The second kappa shape index (κ2) is 5.81. The van der Waals surface area contributed by atoms with Gasteiger partial charge >= 0.3 is 6.18 Å². The zero-order chi connectivity index (χ0) is 14.6. The molecule has 6 heteroatoms. The van der Waals surface area contributed by atoms with Crippen molar-refractivity contribution in [2.24, 2.45) is 0 Å². The third-order valence-corrected chi connectivity index (χ3v) is 2.75. The van der Waals surface area contributed by atoms with Crippen molar-refractivity contribution >= 4 is 5.82 Å². The second-order valence-corrected chi connectivity index (χ2v) is 4.09. The maximum atomic E-state index is 12.8. The van der Waals surface area contributed by atoms with E-state index in [0.29, 0.717) is 11.6 Å². The van der Waals surface area contributed by atoms with Gasteiger partial charge in [-0.05, 0) is 23.8 Å². The van der Waals surface area contributed by atoms with Crippen molar-refractivity contribution in [1.29, 1.82) is 0 Å². The van der Waals surface area contributed by atoms with Crippen LogP contribution in [-0.2, 0) is 12.7 Å². The van der Waals surface area contributed by atoms with Gasteiger partial charge in [-0.3, -0.25) is 0 Å². The van der Waals surface area contributed by atoms with Gasteiger partial charge in [0.05, 0.1) is 18.9 Å². The number of nitrogens with zero attached hydrogens (tertiary/aromatic N) is 1. The van der Waals surface area contributed by atoms with Crippen LogP contribution in [0.3, 0.4) is 0 Å². The Morgan fingerprint density at radius 3 is 2.50 bits per heavy atom. The summed E-state index contributed by atoms with van der Waals surface area (Å²) in [5.74, 6) is 1.08. The minimum atomic E-state index is -4.36. The molecule has 1 aromatic carbocycles. The molecule has 0 saturated heterocycles. The largest absolute Gasteiger partial charge is 0.495 e. The molecule has 0 atom stereocenters. The molecule has 2 aromatic rings. The average molecular weight is 282 g/mol. The van der Waals surface area contributed by atoms with Crippen LogP contribution in [0.15, 0.2) is 42.6 Å². The third kappa shape index (κ3) is 3.40. The minimum absolute atomic E-state index is 0.0506. The number of aromatic nitrogens is 1. The first-order valence-electron chi connectivity index (χ1n) is 5.89. The van der Waals surface area contributed by atoms with Gasteiger partial charge in [0.1, 0.15) is 11.6 Å². The van der Waals surface area contributed by atoms with E-state index in [1.165, 1.54) is 25.4 Å². The van der Waals surface area contributed by atoms with Crippen LogP contribution in [-0.4, -0.2) is 12.1 Å². The van der Waals surface area contributed by atoms with Crippen LogP contribution in [0.25, 0.3) is 0 Å². The maximum absolute atomic E-state index is 12.8. The zero-order valence-corrected chi connectivity index (χ0v) is 10.7. The Morgan fingerprint density at radius 2 is 1.90 bits per heavy atom. The number of hydrogen-bond acceptors (Lipinski definition) is 3. The second-order valence-electron chi connectivity index (χ2n) is 4.09. The zero-order valence-electron chi connectivity index (χ0n) is 10.7. The summed E-state index contributed by atoms with van der Waals surface area (Å²) in [6, 6.07) is 8.80. The Morgan fingerprint density at radius 1 is 1.15 bits per heavy atom. The van der Waals surface area contributed by atoms with E-state index in [9.17, 15) is 13.2 Å². The topological polar surface area (TPSA) is 34.1 Å². The van der Waals surface area contributed by atoms with Gasteiger partial charge in [-0.1, -0.05) is 18.2 Å². The highest BCUT2D eigenvalue weighted by molar-refractivity contribution is 5.40. The number of anilines is 1. The number of pyridine rings is 1. The summed E-state index contributed by atoms with van der Waals surface area (Å²) >= 11 is 0. The first-order chi connectivity index (χ1) is 9.50. The SMILES string of the molecule is COc1ccc(NCc2ccccc2C(F)(F)F)nc1. The van der Waals surface area contributed by atoms with E-state index in [2.05, 4.69) is 10.3 Å². The molecule has 0 aliphatic heterocycles. The van der Waals surface area contributed by atoms with Gasteiger partial charge in [-0.15, -0.1) is 0 Å². The third-order valence-electron chi connectivity index (χ3n) is 2.75. The van der Waals surface area contributed by atoms with Crippen molar-refractivity contribution in [2.75, 3.05) is 12.4 Å². The van der Waals surface area contributed by atoms with Gasteiger partial charge in [0.15, 0.2) is 0 Å². The lowest BCUT2D eigenvalue weighted by atomic mass is 10.1. The van der Waals surface area contributed by atoms with Crippen molar-refractivity contribution in [3.8, 4) is 5.75 Å². The van der Waals surface area contributed by atoms with Crippen molar-refractivity contribution < 1.29 is 17.9 Å². The smallest absolute Gasteiger partial charge is 0.416 e. The molecular formula is C14H13F3N2O. The van der Waals surface area contributed by atoms with E-state index >= 15 is 0 Å². The molecule has 0 spiro atoms. The van der Waals surface area contributed by atoms with E-state index < -0.39 is 11.7 Å². The number of hydrogen-bond donors (Lipinski definition) is 1. The van der Waals surface area contributed by atoms with Crippen LogP contribution in [0.5, 0.6) is 5.75 Å². The normalized spacial score (nSPS) is 11.2. The van der Waals surface area contributed by atoms with Crippen LogP contribution in [0.2, 0.25) is 0 Å². The Kier molecular flexibility index (Phi) is 4.12. The highest BCUT2D eigenvalue weighted by Crippen LogP contribution is 2.32. The lowest BCUT2D eigenvalue weighted by molar-refractivity contribution is -0.138. The fourth-order valence-corrected chi connectivity index (χ4v) is 1.74. The van der Waals surface area contributed by atoms with Gasteiger partial charge in [-0.2, -0.15) is 13.2 Å². The monoisotopic (exact) mass is 282 g/mol. The predicted octanol–water partition coefficient (Wildman–Crippen LogP) is 3.72. The van der Waals surface area contributed by atoms with E-state index in [-0.39, 0.29) is 12.1 Å². The standard InChI is InChI=1S/C14H13F3N2O/c1-20-11-6-7-13(19-9-11)18-8-10-4-2-3-5-12(10)14(15,16)17/h2-7,9H,8H2,1H3,(H,18,19). The molecule has 1 heterocycles. The first-order valence-corrected chi connectivity index (χ1v) is 5.89. The summed E-state index contributed by atoms with van der Waals surface area (Å²) in [5.41, 5.74) is -0.460. The Balaban J connectivity index is 2.10. The number of halogens is 3. The molecule has 0 aliphatic carbocycles. The molecule has 0 fully saturated rings. The molecule has 0 unspecified atom stereocenters. The fraction of sp³-hybridized carbons (Fsp3) is 0.214. The summed E-state index contributed by atoms with van der Waals surface area (Å²) in [5, 5.41) is 2.86. The van der Waals surface area contributed by atoms with E-state index in [0.717, 1.165) is 6.07 Å². The van der Waals surface area contributed by atoms with Crippen molar-refractivity contribution in [2.45, 2.75) is 12.7 Å². The van der Waals surface area contributed by atoms with Crippen LogP contribution in [0.4, 0.5) is 19.0 Å². The van der Waals surface area contributed by atoms with Crippen LogP contribution in [0, 0.1) is 0 Å². The summed E-state index contributed by atoms with van der Waals surface area (Å²) in [4.78, 5) is 4.04. The molecule has 1 aromatic heterocycles. The van der Waals surface area contributed by atoms with Crippen LogP contribution < -0.4 is 10.1 Å². The molecule has 0 radical (unpaired) electrons. The molecule has 106 valence electrons. The summed E-state index contributed by atoms with van der Waals surface area (Å²) in [7, 11) is 1.52. The van der Waals surface area contributed by atoms with Gasteiger partial charge in [-0.25, -0.2) is 4.98 Å². The molecule has 3 nitrogen and oxygen atoms in total. The van der Waals surface area contributed by atoms with Gasteiger partial charge in [0.25, 0.3) is 0 Å². The van der Waals surface area contributed by atoms with Gasteiger partial charge in [0, 0.05) is 6.54 Å². The number of methoxy groups -OCH3 is 1. The van der Waals surface area contributed by atoms with Crippen LogP contribution in [0.1, 0.15) is 11.1 Å². The van der Waals surface area contributed by atoms with Crippen molar-refractivity contribution in [1.82, 2.24) is 4.98 Å². The lowest BCUT2D eigenvalue weighted by Crippen LogP contribution is -2.12. The number of alkyl halides is 3. The van der Waals surface area contributed by atoms with Gasteiger partial charge in [0.2, 0.25) is 0 Å². The highest BCUT2D eigenvalue weighted by atomic mass is 19.4. The van der Waals surface area contributed by atoms with Crippen LogP contribution >= 0.6 is 0 Å². The molecule has 0 saturated carbocycles. The fourth-order valence-electron chi connectivity index (χ4n) is 1.74. The summed E-state index contributed by atoms with van der Waals surface area (Å²) in [6.45, 7) is 0.0506. The average Bonchev–Trinajstić information content (AvgIpc) is 2.45. The van der Waals surface area contributed by atoms with Crippen molar-refractivity contribution in [3.63, 3.8) is 0 Å². The molecule has 2 rings (SSSR count). The molecule has 0 bridgehead atoms. The number of nitrogens with one attached hydrogen (secondary N) is 1. The highest BCUT2D eigenvalue weighted by Gasteiger charge is 2.32. The summed E-state index contributed by atoms with van der Waals surface area (Å²) < 4.78 is 43.4. The van der Waals surface area contributed by atoms with Crippen molar-refractivity contribution in [3.05, 3.63) is 53.7 Å². The first kappa shape index (κ1) is 14.2. The molecular weight excluding hydrogens is 269 g/mol. The molecule has 0 aliphatic rings. The predicted molar refractivity (Wildman–Crippen MR) is 69.6 cm³/mol. The van der Waals surface area contributed by atoms with Gasteiger partial charge < -0.3 is 10.1 Å².